The molecule has 0 amide bonds. The van der Waals surface area contributed by atoms with Crippen molar-refractivity contribution in [2.24, 2.45) is 0 Å². The lowest BCUT2D eigenvalue weighted by Gasteiger charge is -2.19. The van der Waals surface area contributed by atoms with E-state index < -0.39 is 0 Å². The molecule has 5 nitrogen and oxygen atoms in total. The maximum Gasteiger partial charge on any atom is 0.135 e. The molecule has 0 aliphatic heterocycles. The van der Waals surface area contributed by atoms with Crippen LogP contribution in [0.4, 0.5) is 11.6 Å². The maximum atomic E-state index is 4.67. The molecule has 5 heteroatoms. The van der Waals surface area contributed by atoms with Crippen LogP contribution in [-0.2, 0) is 0 Å². The van der Waals surface area contributed by atoms with E-state index in [0.717, 1.165) is 23.0 Å². The van der Waals surface area contributed by atoms with Gasteiger partial charge in [0, 0.05) is 30.9 Å². The van der Waals surface area contributed by atoms with E-state index in [9.17, 15) is 0 Å². The summed E-state index contributed by atoms with van der Waals surface area (Å²) in [4.78, 5) is 13.3. The first-order valence-electron chi connectivity index (χ1n) is 7.25. The number of aromatic nitrogens is 3. The number of nitrogens with zero attached hydrogens (tertiary/aromatic N) is 3. The van der Waals surface area contributed by atoms with Crippen LogP contribution in [-0.4, -0.2) is 22.0 Å². The Labute approximate surface area is 126 Å². The quantitative estimate of drug-likeness (QED) is 0.880. The van der Waals surface area contributed by atoms with Crippen LogP contribution in [0, 0.1) is 6.92 Å². The van der Waals surface area contributed by atoms with Crippen molar-refractivity contribution in [2.45, 2.75) is 39.7 Å². The van der Waals surface area contributed by atoms with Crippen molar-refractivity contribution in [2.75, 3.05) is 17.7 Å². The van der Waals surface area contributed by atoms with Crippen LogP contribution < -0.4 is 10.6 Å². The molecule has 1 unspecified atom stereocenters. The Morgan fingerprint density at radius 1 is 1.00 bits per heavy atom. The number of hydrogen-bond donors (Lipinski definition) is 2. The lowest BCUT2D eigenvalue weighted by molar-refractivity contribution is 0.766. The van der Waals surface area contributed by atoms with Crippen molar-refractivity contribution < 1.29 is 0 Å². The summed E-state index contributed by atoms with van der Waals surface area (Å²) in [7, 11) is 1.88. The van der Waals surface area contributed by atoms with Crippen molar-refractivity contribution >= 4 is 11.6 Å². The van der Waals surface area contributed by atoms with Gasteiger partial charge in [0.2, 0.25) is 0 Å². The highest BCUT2D eigenvalue weighted by Crippen LogP contribution is 2.26. The number of hydrogen-bond acceptors (Lipinski definition) is 5. The van der Waals surface area contributed by atoms with Crippen molar-refractivity contribution in [3.05, 3.63) is 41.5 Å². The molecular formula is C16H23N5. The molecular weight excluding hydrogens is 262 g/mol. The second kappa shape index (κ2) is 6.52. The van der Waals surface area contributed by atoms with E-state index in [1.165, 1.54) is 5.56 Å². The molecule has 21 heavy (non-hydrogen) atoms. The fourth-order valence-corrected chi connectivity index (χ4v) is 2.12. The first-order chi connectivity index (χ1) is 10.0. The van der Waals surface area contributed by atoms with E-state index in [1.54, 1.807) is 12.4 Å². The zero-order chi connectivity index (χ0) is 15.4. The molecule has 0 aliphatic rings. The lowest BCUT2D eigenvalue weighted by Crippen LogP contribution is -2.13. The van der Waals surface area contributed by atoms with Gasteiger partial charge in [0.15, 0.2) is 0 Å². The molecule has 2 heterocycles. The number of pyridine rings is 1. The molecule has 0 fully saturated rings. The molecule has 0 aliphatic carbocycles. The second-order valence-corrected chi connectivity index (χ2v) is 5.46. The topological polar surface area (TPSA) is 62.7 Å². The number of nitrogens with one attached hydrogen (secondary N) is 2. The van der Waals surface area contributed by atoms with Gasteiger partial charge in [-0.1, -0.05) is 13.8 Å². The Hall–Kier alpha value is -2.17. The Morgan fingerprint density at radius 3 is 2.19 bits per heavy atom. The first-order valence-corrected chi connectivity index (χ1v) is 7.25. The lowest BCUT2D eigenvalue weighted by atomic mass is 10.1. The SMILES string of the molecule is CNc1nc(C(C)C)nc(NC(C)c2ccncc2)c1C. The minimum Gasteiger partial charge on any atom is -0.373 e. The number of rotatable bonds is 5. The molecule has 2 N–H and O–H groups in total. The summed E-state index contributed by atoms with van der Waals surface area (Å²) < 4.78 is 0. The Bertz CT molecular complexity index is 595. The summed E-state index contributed by atoms with van der Waals surface area (Å²) in [5, 5.41) is 6.62. The van der Waals surface area contributed by atoms with Gasteiger partial charge in [-0.15, -0.1) is 0 Å². The fraction of sp³-hybridized carbons (Fsp3) is 0.438. The Balaban J connectivity index is 2.32. The molecule has 1 atom stereocenters. The van der Waals surface area contributed by atoms with Gasteiger partial charge < -0.3 is 10.6 Å². The Kier molecular flexibility index (Phi) is 4.73. The van der Waals surface area contributed by atoms with Crippen molar-refractivity contribution in [1.82, 2.24) is 15.0 Å². The monoisotopic (exact) mass is 285 g/mol. The van der Waals surface area contributed by atoms with Crippen LogP contribution in [0.5, 0.6) is 0 Å². The standard InChI is InChI=1S/C16H23N5/c1-10(2)14-20-15(17-5)11(3)16(21-14)19-12(4)13-6-8-18-9-7-13/h6-10,12H,1-5H3,(H2,17,19,20,21). The highest BCUT2D eigenvalue weighted by Gasteiger charge is 2.14. The zero-order valence-electron chi connectivity index (χ0n) is 13.3. The normalized spacial score (nSPS) is 12.3. The summed E-state index contributed by atoms with van der Waals surface area (Å²) >= 11 is 0. The predicted octanol–water partition coefficient (Wildman–Crippen LogP) is 3.52. The van der Waals surface area contributed by atoms with Crippen LogP contribution in [0.2, 0.25) is 0 Å². The third-order valence-corrected chi connectivity index (χ3v) is 3.48. The van der Waals surface area contributed by atoms with Gasteiger partial charge in [-0.2, -0.15) is 0 Å². The molecule has 2 aromatic heterocycles. The minimum atomic E-state index is 0.159. The highest BCUT2D eigenvalue weighted by molar-refractivity contribution is 5.57. The third kappa shape index (κ3) is 3.48. The summed E-state index contributed by atoms with van der Waals surface area (Å²) in [6.07, 6.45) is 3.61. The van der Waals surface area contributed by atoms with Crippen molar-refractivity contribution in [1.29, 1.82) is 0 Å². The smallest absolute Gasteiger partial charge is 0.135 e. The van der Waals surface area contributed by atoms with Gasteiger partial charge in [-0.05, 0) is 31.5 Å². The third-order valence-electron chi connectivity index (χ3n) is 3.48. The van der Waals surface area contributed by atoms with Crippen LogP contribution in [0.3, 0.4) is 0 Å². The summed E-state index contributed by atoms with van der Waals surface area (Å²) in [5.41, 5.74) is 2.21. The molecule has 0 bridgehead atoms. The van der Waals surface area contributed by atoms with E-state index in [0.29, 0.717) is 0 Å². The largest absolute Gasteiger partial charge is 0.373 e. The van der Waals surface area contributed by atoms with Gasteiger partial charge in [0.1, 0.15) is 17.5 Å². The van der Waals surface area contributed by atoms with E-state index in [2.05, 4.69) is 46.4 Å². The van der Waals surface area contributed by atoms with E-state index >= 15 is 0 Å². The van der Waals surface area contributed by atoms with Crippen LogP contribution >= 0.6 is 0 Å². The summed E-state index contributed by atoms with van der Waals surface area (Å²) in [6.45, 7) is 8.34. The van der Waals surface area contributed by atoms with E-state index in [-0.39, 0.29) is 12.0 Å². The average Bonchev–Trinajstić information content (AvgIpc) is 2.49. The second-order valence-electron chi connectivity index (χ2n) is 5.46. The van der Waals surface area contributed by atoms with Gasteiger partial charge in [0.25, 0.3) is 0 Å². The summed E-state index contributed by atoms with van der Waals surface area (Å²) in [5.74, 6) is 2.88. The molecule has 0 aromatic carbocycles. The predicted molar refractivity (Wildman–Crippen MR) is 86.7 cm³/mol. The van der Waals surface area contributed by atoms with E-state index in [4.69, 9.17) is 0 Å². The summed E-state index contributed by atoms with van der Waals surface area (Å²) in [6, 6.07) is 4.18. The molecule has 2 rings (SSSR count). The van der Waals surface area contributed by atoms with Gasteiger partial charge in [0.05, 0.1) is 6.04 Å². The molecule has 0 saturated carbocycles. The van der Waals surface area contributed by atoms with Gasteiger partial charge in [-0.3, -0.25) is 4.98 Å². The van der Waals surface area contributed by atoms with Crippen LogP contribution in [0.1, 0.15) is 49.7 Å². The van der Waals surface area contributed by atoms with Gasteiger partial charge in [-0.25, -0.2) is 9.97 Å². The molecule has 112 valence electrons. The highest BCUT2D eigenvalue weighted by atomic mass is 15.1. The van der Waals surface area contributed by atoms with Crippen LogP contribution in [0.25, 0.3) is 0 Å². The molecule has 2 aromatic rings. The van der Waals surface area contributed by atoms with Crippen molar-refractivity contribution in [3.63, 3.8) is 0 Å². The van der Waals surface area contributed by atoms with Gasteiger partial charge >= 0.3 is 0 Å². The maximum absolute atomic E-state index is 4.67. The molecule has 0 saturated heterocycles. The van der Waals surface area contributed by atoms with Crippen molar-refractivity contribution in [3.8, 4) is 0 Å². The fourth-order valence-electron chi connectivity index (χ4n) is 2.12. The minimum absolute atomic E-state index is 0.159. The number of anilines is 2. The van der Waals surface area contributed by atoms with Crippen LogP contribution in [0.15, 0.2) is 24.5 Å². The molecule has 0 radical (unpaired) electrons. The average molecular weight is 285 g/mol. The zero-order valence-corrected chi connectivity index (χ0v) is 13.3. The Morgan fingerprint density at radius 2 is 1.62 bits per heavy atom. The first kappa shape index (κ1) is 15.2. The molecule has 0 spiro atoms. The van der Waals surface area contributed by atoms with E-state index in [1.807, 2.05) is 26.1 Å².